The Bertz CT molecular complexity index is 435. The number of likely N-dealkylation sites (tertiary alicyclic amines) is 1. The van der Waals surface area contributed by atoms with E-state index in [9.17, 15) is 0 Å². The molecule has 110 valence electrons. The number of nitrogens with one attached hydrogen (secondary N) is 1. The fourth-order valence-corrected chi connectivity index (χ4v) is 3.57. The average Bonchev–Trinajstić information content (AvgIpc) is 2.95. The summed E-state index contributed by atoms with van der Waals surface area (Å²) in [6.45, 7) is 7.59. The molecular formula is C17H26N2O. The SMILES string of the molecule is CCN1CCCC1CNCC1OCCc2ccccc21. The smallest absolute Gasteiger partial charge is 0.0952 e. The van der Waals surface area contributed by atoms with Crippen molar-refractivity contribution in [3.8, 4) is 0 Å². The van der Waals surface area contributed by atoms with E-state index >= 15 is 0 Å². The Kier molecular flexibility index (Phi) is 4.71. The van der Waals surface area contributed by atoms with Crippen molar-refractivity contribution in [3.63, 3.8) is 0 Å². The van der Waals surface area contributed by atoms with Crippen molar-refractivity contribution in [1.29, 1.82) is 0 Å². The van der Waals surface area contributed by atoms with Gasteiger partial charge in [0.25, 0.3) is 0 Å². The van der Waals surface area contributed by atoms with Gasteiger partial charge in [-0.05, 0) is 43.5 Å². The number of nitrogens with zero attached hydrogens (tertiary/aromatic N) is 1. The van der Waals surface area contributed by atoms with Crippen LogP contribution in [-0.4, -0.2) is 43.7 Å². The van der Waals surface area contributed by atoms with Crippen LogP contribution in [0.1, 0.15) is 37.0 Å². The topological polar surface area (TPSA) is 24.5 Å². The molecule has 2 aliphatic heterocycles. The van der Waals surface area contributed by atoms with Crippen LogP contribution in [-0.2, 0) is 11.2 Å². The third-order valence-electron chi connectivity index (χ3n) is 4.71. The second-order valence-corrected chi connectivity index (χ2v) is 5.89. The second-order valence-electron chi connectivity index (χ2n) is 5.89. The van der Waals surface area contributed by atoms with Gasteiger partial charge in [0.05, 0.1) is 12.7 Å². The van der Waals surface area contributed by atoms with E-state index in [2.05, 4.69) is 41.4 Å². The Hall–Kier alpha value is -0.900. The third-order valence-corrected chi connectivity index (χ3v) is 4.71. The minimum atomic E-state index is 0.233. The largest absolute Gasteiger partial charge is 0.372 e. The van der Waals surface area contributed by atoms with Crippen LogP contribution >= 0.6 is 0 Å². The highest BCUT2D eigenvalue weighted by molar-refractivity contribution is 5.31. The molecule has 0 aromatic heterocycles. The van der Waals surface area contributed by atoms with Crippen LogP contribution in [0.4, 0.5) is 0 Å². The van der Waals surface area contributed by atoms with Gasteiger partial charge in [0.2, 0.25) is 0 Å². The number of likely N-dealkylation sites (N-methyl/N-ethyl adjacent to an activating group) is 1. The van der Waals surface area contributed by atoms with Crippen LogP contribution in [0.15, 0.2) is 24.3 Å². The minimum absolute atomic E-state index is 0.233. The Morgan fingerprint density at radius 2 is 2.20 bits per heavy atom. The van der Waals surface area contributed by atoms with Crippen molar-refractivity contribution < 1.29 is 4.74 Å². The molecule has 2 aliphatic rings. The summed E-state index contributed by atoms with van der Waals surface area (Å²) in [5.74, 6) is 0. The number of benzene rings is 1. The molecule has 0 bridgehead atoms. The van der Waals surface area contributed by atoms with Gasteiger partial charge in [-0.15, -0.1) is 0 Å². The van der Waals surface area contributed by atoms with Crippen molar-refractivity contribution >= 4 is 0 Å². The monoisotopic (exact) mass is 274 g/mol. The fourth-order valence-electron chi connectivity index (χ4n) is 3.57. The predicted octanol–water partition coefficient (Wildman–Crippen LogP) is 2.37. The van der Waals surface area contributed by atoms with Crippen LogP contribution in [0, 0.1) is 0 Å². The summed E-state index contributed by atoms with van der Waals surface area (Å²) in [4.78, 5) is 2.59. The lowest BCUT2D eigenvalue weighted by molar-refractivity contribution is 0.0416. The Morgan fingerprint density at radius 3 is 3.10 bits per heavy atom. The van der Waals surface area contributed by atoms with Crippen LogP contribution < -0.4 is 5.32 Å². The molecule has 2 unspecified atom stereocenters. The van der Waals surface area contributed by atoms with Gasteiger partial charge in [-0.25, -0.2) is 0 Å². The fraction of sp³-hybridized carbons (Fsp3) is 0.647. The summed E-state index contributed by atoms with van der Waals surface area (Å²) < 4.78 is 5.95. The van der Waals surface area contributed by atoms with E-state index < -0.39 is 0 Å². The second kappa shape index (κ2) is 6.70. The Labute approximate surface area is 122 Å². The van der Waals surface area contributed by atoms with Gasteiger partial charge in [-0.3, -0.25) is 4.90 Å². The van der Waals surface area contributed by atoms with Crippen molar-refractivity contribution in [1.82, 2.24) is 10.2 Å². The summed E-state index contributed by atoms with van der Waals surface area (Å²) in [6, 6.07) is 9.43. The average molecular weight is 274 g/mol. The molecule has 0 spiro atoms. The first-order chi connectivity index (χ1) is 9.88. The van der Waals surface area contributed by atoms with Gasteiger partial charge in [0.1, 0.15) is 0 Å². The zero-order valence-corrected chi connectivity index (χ0v) is 12.5. The molecular weight excluding hydrogens is 248 g/mol. The molecule has 0 saturated carbocycles. The maximum absolute atomic E-state index is 5.95. The maximum atomic E-state index is 5.95. The van der Waals surface area contributed by atoms with Crippen LogP contribution in [0.5, 0.6) is 0 Å². The maximum Gasteiger partial charge on any atom is 0.0952 e. The molecule has 1 aromatic rings. The van der Waals surface area contributed by atoms with Crippen molar-refractivity contribution in [2.45, 2.75) is 38.3 Å². The quantitative estimate of drug-likeness (QED) is 0.892. The molecule has 1 aromatic carbocycles. The molecule has 2 heterocycles. The van der Waals surface area contributed by atoms with Gasteiger partial charge in [0.15, 0.2) is 0 Å². The minimum Gasteiger partial charge on any atom is -0.372 e. The zero-order chi connectivity index (χ0) is 13.8. The molecule has 20 heavy (non-hydrogen) atoms. The van der Waals surface area contributed by atoms with Gasteiger partial charge in [-0.2, -0.15) is 0 Å². The molecule has 3 rings (SSSR count). The van der Waals surface area contributed by atoms with E-state index in [0.29, 0.717) is 0 Å². The third kappa shape index (κ3) is 3.05. The number of hydrogen-bond acceptors (Lipinski definition) is 3. The van der Waals surface area contributed by atoms with Crippen molar-refractivity contribution in [2.75, 3.05) is 32.8 Å². The highest BCUT2D eigenvalue weighted by Crippen LogP contribution is 2.26. The van der Waals surface area contributed by atoms with Gasteiger partial charge in [0, 0.05) is 19.1 Å². The molecule has 0 amide bonds. The zero-order valence-electron chi connectivity index (χ0n) is 12.5. The highest BCUT2D eigenvalue weighted by Gasteiger charge is 2.24. The lowest BCUT2D eigenvalue weighted by Crippen LogP contribution is -2.39. The molecule has 0 aliphatic carbocycles. The summed E-state index contributed by atoms with van der Waals surface area (Å²) >= 11 is 0. The molecule has 1 fully saturated rings. The number of hydrogen-bond donors (Lipinski definition) is 1. The first-order valence-electron chi connectivity index (χ1n) is 8.02. The molecule has 3 nitrogen and oxygen atoms in total. The summed E-state index contributed by atoms with van der Waals surface area (Å²) in [6.07, 6.45) is 3.97. The van der Waals surface area contributed by atoms with Crippen molar-refractivity contribution in [3.05, 3.63) is 35.4 Å². The first kappa shape index (κ1) is 14.1. The van der Waals surface area contributed by atoms with E-state index in [1.165, 1.54) is 37.1 Å². The van der Waals surface area contributed by atoms with E-state index in [-0.39, 0.29) is 6.10 Å². The summed E-state index contributed by atoms with van der Waals surface area (Å²) in [5.41, 5.74) is 2.84. The lowest BCUT2D eigenvalue weighted by atomic mass is 9.97. The van der Waals surface area contributed by atoms with E-state index in [4.69, 9.17) is 4.74 Å². The van der Waals surface area contributed by atoms with Gasteiger partial charge >= 0.3 is 0 Å². The Morgan fingerprint density at radius 1 is 1.30 bits per heavy atom. The lowest BCUT2D eigenvalue weighted by Gasteiger charge is -2.28. The van der Waals surface area contributed by atoms with E-state index in [1.807, 2.05) is 0 Å². The van der Waals surface area contributed by atoms with E-state index in [0.717, 1.165) is 32.2 Å². The van der Waals surface area contributed by atoms with Crippen molar-refractivity contribution in [2.24, 2.45) is 0 Å². The first-order valence-corrected chi connectivity index (χ1v) is 8.02. The van der Waals surface area contributed by atoms with E-state index in [1.54, 1.807) is 0 Å². The molecule has 2 atom stereocenters. The molecule has 1 N–H and O–H groups in total. The number of fused-ring (bicyclic) bond motifs is 1. The molecule has 3 heteroatoms. The van der Waals surface area contributed by atoms with Crippen LogP contribution in [0.2, 0.25) is 0 Å². The van der Waals surface area contributed by atoms with Gasteiger partial charge < -0.3 is 10.1 Å². The number of rotatable bonds is 5. The van der Waals surface area contributed by atoms with Crippen LogP contribution in [0.25, 0.3) is 0 Å². The Balaban J connectivity index is 1.52. The normalized spacial score (nSPS) is 26.6. The predicted molar refractivity (Wildman–Crippen MR) is 82.0 cm³/mol. The molecule has 1 saturated heterocycles. The molecule has 0 radical (unpaired) electrons. The number of ether oxygens (including phenoxy) is 1. The van der Waals surface area contributed by atoms with Gasteiger partial charge in [-0.1, -0.05) is 31.2 Å². The highest BCUT2D eigenvalue weighted by atomic mass is 16.5. The standard InChI is InChI=1S/C17H26N2O/c1-2-19-10-5-7-15(19)12-18-13-17-16-8-4-3-6-14(16)9-11-20-17/h3-4,6,8,15,17-18H,2,5,7,9-13H2,1H3. The summed E-state index contributed by atoms with van der Waals surface area (Å²) in [7, 11) is 0. The summed E-state index contributed by atoms with van der Waals surface area (Å²) in [5, 5.41) is 3.64. The van der Waals surface area contributed by atoms with Crippen LogP contribution in [0.3, 0.4) is 0 Å².